The molecule has 7 heteroatoms. The fourth-order valence-electron chi connectivity index (χ4n) is 2.14. The normalized spacial score (nSPS) is 10.3. The first-order valence-corrected chi connectivity index (χ1v) is 8.03. The van der Waals surface area contributed by atoms with Gasteiger partial charge < -0.3 is 10.6 Å². The third-order valence-electron chi connectivity index (χ3n) is 3.50. The molecule has 2 heterocycles. The van der Waals surface area contributed by atoms with Gasteiger partial charge in [0.25, 0.3) is 5.91 Å². The molecule has 6 nitrogen and oxygen atoms in total. The number of amides is 1. The Labute approximate surface area is 150 Å². The van der Waals surface area contributed by atoms with Crippen molar-refractivity contribution in [3.05, 3.63) is 77.0 Å². The number of aryl methyl sites for hydroxylation is 1. The van der Waals surface area contributed by atoms with E-state index in [0.717, 1.165) is 16.9 Å². The van der Waals surface area contributed by atoms with Crippen LogP contribution in [0.3, 0.4) is 0 Å². The molecule has 0 atom stereocenters. The van der Waals surface area contributed by atoms with E-state index in [9.17, 15) is 4.79 Å². The van der Waals surface area contributed by atoms with Gasteiger partial charge in [-0.2, -0.15) is 0 Å². The third kappa shape index (κ3) is 4.51. The van der Waals surface area contributed by atoms with Crippen LogP contribution in [0, 0.1) is 6.92 Å². The average Bonchev–Trinajstić information content (AvgIpc) is 2.64. The predicted molar refractivity (Wildman–Crippen MR) is 96.9 cm³/mol. The van der Waals surface area contributed by atoms with Crippen LogP contribution in [0.25, 0.3) is 0 Å². The van der Waals surface area contributed by atoms with Crippen molar-refractivity contribution in [2.75, 3.05) is 5.32 Å². The first-order valence-electron chi connectivity index (χ1n) is 7.65. The molecule has 0 spiro atoms. The first-order chi connectivity index (χ1) is 12.1. The van der Waals surface area contributed by atoms with Crippen molar-refractivity contribution in [3.63, 3.8) is 0 Å². The minimum atomic E-state index is -0.302. The zero-order valence-electron chi connectivity index (χ0n) is 13.5. The SMILES string of the molecule is Cc1ccc(Cl)cc1Nc1cnc(C(=O)NCc2ccccn2)cn1. The molecular formula is C18H16ClN5O. The number of halogens is 1. The van der Waals surface area contributed by atoms with E-state index in [0.29, 0.717) is 17.4 Å². The minimum Gasteiger partial charge on any atom is -0.345 e. The maximum absolute atomic E-state index is 12.1. The highest BCUT2D eigenvalue weighted by atomic mass is 35.5. The number of rotatable bonds is 5. The highest BCUT2D eigenvalue weighted by Crippen LogP contribution is 2.22. The predicted octanol–water partition coefficient (Wildman–Crippen LogP) is 3.51. The number of carbonyl (C=O) groups excluding carboxylic acids is 1. The molecule has 126 valence electrons. The summed E-state index contributed by atoms with van der Waals surface area (Å²) in [5.74, 6) is 0.232. The van der Waals surface area contributed by atoms with Crippen molar-refractivity contribution >= 4 is 29.0 Å². The molecule has 2 aromatic heterocycles. The Morgan fingerprint density at radius 2 is 2.00 bits per heavy atom. The van der Waals surface area contributed by atoms with E-state index in [1.807, 2.05) is 43.3 Å². The highest BCUT2D eigenvalue weighted by Gasteiger charge is 2.09. The summed E-state index contributed by atoms with van der Waals surface area (Å²) in [6.07, 6.45) is 4.62. The molecule has 0 saturated carbocycles. The van der Waals surface area contributed by atoms with Crippen molar-refractivity contribution in [2.24, 2.45) is 0 Å². The van der Waals surface area contributed by atoms with Gasteiger partial charge in [-0.3, -0.25) is 9.78 Å². The standard InChI is InChI=1S/C18H16ClN5O/c1-12-5-6-13(19)8-15(12)24-17-11-21-16(10-22-17)18(25)23-9-14-4-2-3-7-20-14/h2-8,10-11H,9H2,1H3,(H,22,24)(H,23,25). The largest absolute Gasteiger partial charge is 0.345 e. The zero-order chi connectivity index (χ0) is 17.6. The Morgan fingerprint density at radius 1 is 1.12 bits per heavy atom. The van der Waals surface area contributed by atoms with E-state index in [1.54, 1.807) is 6.20 Å². The Kier molecular flexibility index (Phi) is 5.20. The van der Waals surface area contributed by atoms with Gasteiger partial charge in [-0.05, 0) is 36.8 Å². The molecule has 0 radical (unpaired) electrons. The van der Waals surface area contributed by atoms with Crippen LogP contribution in [0.2, 0.25) is 5.02 Å². The van der Waals surface area contributed by atoms with E-state index in [-0.39, 0.29) is 11.6 Å². The average molecular weight is 354 g/mol. The maximum atomic E-state index is 12.1. The molecule has 0 unspecified atom stereocenters. The van der Waals surface area contributed by atoms with Crippen molar-refractivity contribution in [3.8, 4) is 0 Å². The van der Waals surface area contributed by atoms with Gasteiger partial charge in [-0.15, -0.1) is 0 Å². The lowest BCUT2D eigenvalue weighted by atomic mass is 10.2. The molecule has 1 amide bonds. The number of hydrogen-bond acceptors (Lipinski definition) is 5. The first kappa shape index (κ1) is 16.9. The summed E-state index contributed by atoms with van der Waals surface area (Å²) in [6.45, 7) is 2.30. The van der Waals surface area contributed by atoms with Crippen molar-refractivity contribution in [2.45, 2.75) is 13.5 Å². The summed E-state index contributed by atoms with van der Waals surface area (Å²) in [5.41, 5.74) is 2.89. The van der Waals surface area contributed by atoms with Gasteiger partial charge in [-0.25, -0.2) is 9.97 Å². The van der Waals surface area contributed by atoms with Crippen LogP contribution >= 0.6 is 11.6 Å². The van der Waals surface area contributed by atoms with Crippen molar-refractivity contribution in [1.82, 2.24) is 20.3 Å². The lowest BCUT2D eigenvalue weighted by Gasteiger charge is -2.09. The molecule has 0 aliphatic rings. The Hall–Kier alpha value is -2.99. The van der Waals surface area contributed by atoms with Crippen molar-refractivity contribution < 1.29 is 4.79 Å². The zero-order valence-corrected chi connectivity index (χ0v) is 14.3. The second kappa shape index (κ2) is 7.72. The van der Waals surface area contributed by atoms with E-state index < -0.39 is 0 Å². The summed E-state index contributed by atoms with van der Waals surface area (Å²) < 4.78 is 0. The van der Waals surface area contributed by atoms with Gasteiger partial charge in [0.15, 0.2) is 0 Å². The number of pyridine rings is 1. The van der Waals surface area contributed by atoms with Crippen LogP contribution in [-0.4, -0.2) is 20.9 Å². The van der Waals surface area contributed by atoms with Gasteiger partial charge in [0.2, 0.25) is 0 Å². The van der Waals surface area contributed by atoms with Gasteiger partial charge in [0.1, 0.15) is 11.5 Å². The molecule has 0 aliphatic carbocycles. The Balaban J connectivity index is 1.63. The maximum Gasteiger partial charge on any atom is 0.271 e. The minimum absolute atomic E-state index is 0.240. The molecule has 3 aromatic rings. The van der Waals surface area contributed by atoms with E-state index >= 15 is 0 Å². The van der Waals surface area contributed by atoms with E-state index in [4.69, 9.17) is 11.6 Å². The second-order valence-corrected chi connectivity index (χ2v) is 5.81. The van der Waals surface area contributed by atoms with Gasteiger partial charge in [-0.1, -0.05) is 23.7 Å². The van der Waals surface area contributed by atoms with Crippen LogP contribution in [-0.2, 0) is 6.54 Å². The molecule has 0 aliphatic heterocycles. The molecule has 25 heavy (non-hydrogen) atoms. The molecule has 0 saturated heterocycles. The number of carbonyl (C=O) groups is 1. The molecule has 1 aromatic carbocycles. The molecule has 0 fully saturated rings. The quantitative estimate of drug-likeness (QED) is 0.733. The molecule has 0 bridgehead atoms. The molecule has 3 rings (SSSR count). The van der Waals surface area contributed by atoms with Crippen LogP contribution in [0.4, 0.5) is 11.5 Å². The molecular weight excluding hydrogens is 338 g/mol. The van der Waals surface area contributed by atoms with Crippen LogP contribution in [0.5, 0.6) is 0 Å². The lowest BCUT2D eigenvalue weighted by molar-refractivity contribution is 0.0945. The van der Waals surface area contributed by atoms with E-state index in [1.165, 1.54) is 12.4 Å². The topological polar surface area (TPSA) is 79.8 Å². The fraction of sp³-hybridized carbons (Fsp3) is 0.111. The summed E-state index contributed by atoms with van der Waals surface area (Å²) in [6, 6.07) is 11.1. The number of nitrogens with zero attached hydrogens (tertiary/aromatic N) is 3. The number of aromatic nitrogens is 3. The number of nitrogens with one attached hydrogen (secondary N) is 2. The number of hydrogen-bond donors (Lipinski definition) is 2. The lowest BCUT2D eigenvalue weighted by Crippen LogP contribution is -2.24. The summed E-state index contributed by atoms with van der Waals surface area (Å²) in [5, 5.41) is 6.53. The number of anilines is 2. The number of benzene rings is 1. The summed E-state index contributed by atoms with van der Waals surface area (Å²) in [4.78, 5) is 24.6. The van der Waals surface area contributed by atoms with Crippen LogP contribution in [0.1, 0.15) is 21.7 Å². The van der Waals surface area contributed by atoms with Crippen molar-refractivity contribution in [1.29, 1.82) is 0 Å². The second-order valence-electron chi connectivity index (χ2n) is 5.37. The summed E-state index contributed by atoms with van der Waals surface area (Å²) >= 11 is 6.00. The fourth-order valence-corrected chi connectivity index (χ4v) is 2.31. The monoisotopic (exact) mass is 353 g/mol. The third-order valence-corrected chi connectivity index (χ3v) is 3.74. The molecule has 2 N–H and O–H groups in total. The van der Waals surface area contributed by atoms with E-state index in [2.05, 4.69) is 25.6 Å². The summed E-state index contributed by atoms with van der Waals surface area (Å²) in [7, 11) is 0. The Bertz CT molecular complexity index is 868. The Morgan fingerprint density at radius 3 is 2.72 bits per heavy atom. The highest BCUT2D eigenvalue weighted by molar-refractivity contribution is 6.30. The van der Waals surface area contributed by atoms with Gasteiger partial charge in [0, 0.05) is 16.9 Å². The smallest absolute Gasteiger partial charge is 0.271 e. The van der Waals surface area contributed by atoms with Crippen LogP contribution < -0.4 is 10.6 Å². The van der Waals surface area contributed by atoms with Crippen LogP contribution in [0.15, 0.2) is 55.0 Å². The van der Waals surface area contributed by atoms with Gasteiger partial charge >= 0.3 is 0 Å². The van der Waals surface area contributed by atoms with Gasteiger partial charge in [0.05, 0.1) is 24.6 Å².